The quantitative estimate of drug-likeness (QED) is 0.587. The van der Waals surface area contributed by atoms with E-state index in [1.54, 1.807) is 6.33 Å². The van der Waals surface area contributed by atoms with Gasteiger partial charge in [-0.25, -0.2) is 9.97 Å². The number of hydrogen-bond acceptors (Lipinski definition) is 7. The maximum absolute atomic E-state index is 9.09. The fraction of sp³-hybridized carbons (Fsp3) is 0.381. The predicted octanol–water partition coefficient (Wildman–Crippen LogP) is 3.35. The lowest BCUT2D eigenvalue weighted by molar-refractivity contribution is 0.242. The number of nitrogens with zero attached hydrogens (tertiary/aromatic N) is 4. The van der Waals surface area contributed by atoms with E-state index in [-0.39, 0.29) is 12.0 Å². The van der Waals surface area contributed by atoms with Crippen molar-refractivity contribution in [3.63, 3.8) is 0 Å². The highest BCUT2D eigenvalue weighted by atomic mass is 16.5. The zero-order valence-electron chi connectivity index (χ0n) is 16.4. The number of benzene rings is 1. The third kappa shape index (κ3) is 4.41. The average molecular weight is 378 g/mol. The van der Waals surface area contributed by atoms with Crippen LogP contribution >= 0.6 is 0 Å². The Labute approximate surface area is 165 Å². The van der Waals surface area contributed by atoms with Crippen molar-refractivity contribution in [3.8, 4) is 11.8 Å². The van der Waals surface area contributed by atoms with Crippen molar-refractivity contribution in [1.82, 2.24) is 9.97 Å². The van der Waals surface area contributed by atoms with E-state index < -0.39 is 0 Å². The first kappa shape index (κ1) is 19.6. The first-order chi connectivity index (χ1) is 13.5. The summed E-state index contributed by atoms with van der Waals surface area (Å²) in [6, 6.07) is 9.94. The van der Waals surface area contributed by atoms with Crippen LogP contribution in [0.5, 0.6) is 5.75 Å². The molecule has 2 aromatic rings. The zero-order chi connectivity index (χ0) is 20.1. The van der Waals surface area contributed by atoms with Gasteiger partial charge in [0.2, 0.25) is 0 Å². The SMILES string of the molecule is C=C(c1cc(N2CCC(C#N)CC2)ncn1)c1cc(OC(C)C)ccc1NN. The van der Waals surface area contributed by atoms with E-state index in [1.807, 2.05) is 38.1 Å². The van der Waals surface area contributed by atoms with Crippen LogP contribution in [0.4, 0.5) is 11.5 Å². The highest BCUT2D eigenvalue weighted by molar-refractivity contribution is 5.84. The molecule has 1 saturated heterocycles. The highest BCUT2D eigenvalue weighted by Crippen LogP contribution is 2.32. The number of nitrogens with one attached hydrogen (secondary N) is 1. The summed E-state index contributed by atoms with van der Waals surface area (Å²) in [7, 11) is 0. The highest BCUT2D eigenvalue weighted by Gasteiger charge is 2.20. The van der Waals surface area contributed by atoms with Crippen molar-refractivity contribution < 1.29 is 4.74 Å². The van der Waals surface area contributed by atoms with Crippen LogP contribution in [0.1, 0.15) is 37.9 Å². The van der Waals surface area contributed by atoms with E-state index in [2.05, 4.69) is 32.9 Å². The van der Waals surface area contributed by atoms with Gasteiger partial charge in [0, 0.05) is 36.2 Å². The minimum Gasteiger partial charge on any atom is -0.491 e. The third-order valence-electron chi connectivity index (χ3n) is 4.81. The molecule has 1 aliphatic heterocycles. The zero-order valence-corrected chi connectivity index (χ0v) is 16.4. The number of ether oxygens (including phenoxy) is 1. The molecule has 1 aliphatic rings. The van der Waals surface area contributed by atoms with E-state index in [0.717, 1.165) is 60.0 Å². The first-order valence-corrected chi connectivity index (χ1v) is 9.45. The van der Waals surface area contributed by atoms with Crippen molar-refractivity contribution >= 4 is 17.1 Å². The molecule has 2 heterocycles. The van der Waals surface area contributed by atoms with Gasteiger partial charge in [0.1, 0.15) is 17.9 Å². The van der Waals surface area contributed by atoms with Gasteiger partial charge in [-0.05, 0) is 44.9 Å². The number of hydrogen-bond donors (Lipinski definition) is 2. The van der Waals surface area contributed by atoms with E-state index in [1.165, 1.54) is 0 Å². The molecule has 3 N–H and O–H groups in total. The van der Waals surface area contributed by atoms with Crippen LogP contribution in [-0.2, 0) is 0 Å². The third-order valence-corrected chi connectivity index (χ3v) is 4.81. The summed E-state index contributed by atoms with van der Waals surface area (Å²) < 4.78 is 5.80. The second-order valence-corrected chi connectivity index (χ2v) is 7.15. The smallest absolute Gasteiger partial charge is 0.132 e. The fourth-order valence-electron chi connectivity index (χ4n) is 3.31. The van der Waals surface area contributed by atoms with E-state index in [4.69, 9.17) is 15.8 Å². The van der Waals surface area contributed by atoms with E-state index >= 15 is 0 Å². The maximum Gasteiger partial charge on any atom is 0.132 e. The largest absolute Gasteiger partial charge is 0.491 e. The second-order valence-electron chi connectivity index (χ2n) is 7.15. The molecule has 28 heavy (non-hydrogen) atoms. The summed E-state index contributed by atoms with van der Waals surface area (Å²) in [6.45, 7) is 9.82. The monoisotopic (exact) mass is 378 g/mol. The lowest BCUT2D eigenvalue weighted by Crippen LogP contribution is -2.33. The minimum absolute atomic E-state index is 0.0693. The number of nitrogens with two attached hydrogens (primary N) is 1. The Balaban J connectivity index is 1.86. The Morgan fingerprint density at radius 2 is 2.07 bits per heavy atom. The van der Waals surface area contributed by atoms with Crippen LogP contribution in [0, 0.1) is 17.2 Å². The van der Waals surface area contributed by atoms with E-state index in [0.29, 0.717) is 0 Å². The van der Waals surface area contributed by atoms with Crippen LogP contribution in [0.25, 0.3) is 5.57 Å². The summed E-state index contributed by atoms with van der Waals surface area (Å²) in [5.41, 5.74) is 5.75. The predicted molar refractivity (Wildman–Crippen MR) is 111 cm³/mol. The molecule has 0 unspecified atom stereocenters. The van der Waals surface area contributed by atoms with E-state index in [9.17, 15) is 0 Å². The van der Waals surface area contributed by atoms with Gasteiger partial charge < -0.3 is 15.1 Å². The van der Waals surface area contributed by atoms with Gasteiger partial charge in [-0.3, -0.25) is 5.84 Å². The number of nitriles is 1. The van der Waals surface area contributed by atoms with Crippen molar-refractivity contribution in [3.05, 3.63) is 48.4 Å². The number of nitrogen functional groups attached to an aromatic ring is 1. The molecule has 1 fully saturated rings. The Morgan fingerprint density at radius 1 is 1.32 bits per heavy atom. The summed E-state index contributed by atoms with van der Waals surface area (Å²) in [6.07, 6.45) is 3.33. The van der Waals surface area contributed by atoms with Gasteiger partial charge in [0.15, 0.2) is 0 Å². The fourth-order valence-corrected chi connectivity index (χ4v) is 3.31. The normalized spacial score (nSPS) is 14.6. The molecule has 0 radical (unpaired) electrons. The average Bonchev–Trinajstić information content (AvgIpc) is 2.73. The van der Waals surface area contributed by atoms with Gasteiger partial charge >= 0.3 is 0 Å². The van der Waals surface area contributed by atoms with Gasteiger partial charge in [0.25, 0.3) is 0 Å². The number of hydrazine groups is 1. The van der Waals surface area contributed by atoms with Gasteiger partial charge in [0.05, 0.1) is 23.6 Å². The number of anilines is 2. The summed E-state index contributed by atoms with van der Waals surface area (Å²) in [5, 5.41) is 9.09. The van der Waals surface area contributed by atoms with Crippen molar-refractivity contribution in [1.29, 1.82) is 5.26 Å². The molecule has 1 aromatic heterocycles. The first-order valence-electron chi connectivity index (χ1n) is 9.45. The van der Waals surface area contributed by atoms with Gasteiger partial charge in [-0.1, -0.05) is 6.58 Å². The maximum atomic E-state index is 9.09. The molecule has 7 heteroatoms. The van der Waals surface area contributed by atoms with Crippen LogP contribution < -0.4 is 20.9 Å². The number of rotatable bonds is 6. The number of piperidine rings is 1. The van der Waals surface area contributed by atoms with Crippen LogP contribution in [0.3, 0.4) is 0 Å². The molecule has 0 atom stereocenters. The molecule has 146 valence electrons. The molecular formula is C21H26N6O. The summed E-state index contributed by atoms with van der Waals surface area (Å²) >= 11 is 0. The Morgan fingerprint density at radius 3 is 2.71 bits per heavy atom. The molecule has 0 amide bonds. The lowest BCUT2D eigenvalue weighted by Gasteiger charge is -2.30. The molecular weight excluding hydrogens is 352 g/mol. The Kier molecular flexibility index (Phi) is 6.12. The molecule has 3 rings (SSSR count). The summed E-state index contributed by atoms with van der Waals surface area (Å²) in [5.74, 6) is 7.42. The lowest BCUT2D eigenvalue weighted by atomic mass is 9.98. The van der Waals surface area contributed by atoms with Crippen molar-refractivity contribution in [2.24, 2.45) is 11.8 Å². The van der Waals surface area contributed by atoms with Crippen molar-refractivity contribution in [2.45, 2.75) is 32.8 Å². The van der Waals surface area contributed by atoms with Crippen LogP contribution in [0.2, 0.25) is 0 Å². The van der Waals surface area contributed by atoms with Crippen molar-refractivity contribution in [2.75, 3.05) is 23.4 Å². The Bertz CT molecular complexity index is 881. The molecule has 0 spiro atoms. The molecule has 0 bridgehead atoms. The standard InChI is InChI=1S/C21H26N6O/c1-14(2)28-17-4-5-19(26-23)18(10-17)15(3)20-11-21(25-13-24-20)27-8-6-16(12-22)7-9-27/h4-5,10-11,13-14,16,26H,3,6-9,23H2,1-2H3. The molecule has 0 aliphatic carbocycles. The van der Waals surface area contributed by atoms with Gasteiger partial charge in [-0.2, -0.15) is 5.26 Å². The van der Waals surface area contributed by atoms with Crippen LogP contribution in [0.15, 0.2) is 37.2 Å². The molecule has 7 nitrogen and oxygen atoms in total. The Hall–Kier alpha value is -3.11. The topological polar surface area (TPSA) is 100 Å². The molecule has 1 aromatic carbocycles. The van der Waals surface area contributed by atoms with Gasteiger partial charge in [-0.15, -0.1) is 0 Å². The summed E-state index contributed by atoms with van der Waals surface area (Å²) in [4.78, 5) is 11.0. The van der Waals surface area contributed by atoms with Crippen LogP contribution in [-0.4, -0.2) is 29.2 Å². The number of aromatic nitrogens is 2. The second kappa shape index (κ2) is 8.72. The minimum atomic E-state index is 0.0693. The molecule has 0 saturated carbocycles.